The molecule has 0 amide bonds. The molecule has 0 unspecified atom stereocenters. The van der Waals surface area contributed by atoms with E-state index < -0.39 is 0 Å². The molecule has 3 aromatic rings. The van der Waals surface area contributed by atoms with Gasteiger partial charge in [-0.05, 0) is 14.0 Å². The van der Waals surface area contributed by atoms with Gasteiger partial charge < -0.3 is 9.05 Å². The van der Waals surface area contributed by atoms with E-state index in [1.54, 1.807) is 11.7 Å². The number of nitrogens with zero attached hydrogens (tertiary/aromatic N) is 6. The molecule has 0 atom stereocenters. The number of hydrogen-bond donors (Lipinski definition) is 0. The van der Waals surface area contributed by atoms with Crippen molar-refractivity contribution < 1.29 is 9.05 Å². The maximum absolute atomic E-state index is 6.43. The van der Waals surface area contributed by atoms with Crippen LogP contribution in [0.2, 0.25) is 5.15 Å². The second-order valence-electron chi connectivity index (χ2n) is 6.44. The highest BCUT2D eigenvalue weighted by molar-refractivity contribution is 6.30. The van der Waals surface area contributed by atoms with Gasteiger partial charge in [-0.2, -0.15) is 10.1 Å². The summed E-state index contributed by atoms with van der Waals surface area (Å²) in [4.78, 5) is 6.45. The summed E-state index contributed by atoms with van der Waals surface area (Å²) in [6, 6.07) is 1.84. The fourth-order valence-corrected chi connectivity index (χ4v) is 2.69. The Morgan fingerprint density at radius 1 is 1.24 bits per heavy atom. The van der Waals surface area contributed by atoms with Crippen molar-refractivity contribution in [2.24, 2.45) is 7.05 Å². The quantitative estimate of drug-likeness (QED) is 0.663. The predicted octanol–water partition coefficient (Wildman–Crippen LogP) is 3.18. The van der Waals surface area contributed by atoms with Gasteiger partial charge in [-0.15, -0.1) is 0 Å². The Morgan fingerprint density at radius 2 is 2.00 bits per heavy atom. The van der Waals surface area contributed by atoms with Crippen molar-refractivity contribution in [3.63, 3.8) is 0 Å². The average molecular weight is 365 g/mol. The highest BCUT2D eigenvalue weighted by Gasteiger charge is 2.21. The molecule has 0 saturated heterocycles. The summed E-state index contributed by atoms with van der Waals surface area (Å²) in [7, 11) is 3.77. The van der Waals surface area contributed by atoms with Crippen LogP contribution in [-0.4, -0.2) is 37.0 Å². The lowest BCUT2D eigenvalue weighted by Crippen LogP contribution is -2.18. The third-order valence-electron chi connectivity index (χ3n) is 3.76. The van der Waals surface area contributed by atoms with Crippen molar-refractivity contribution >= 4 is 11.6 Å². The second kappa shape index (κ2) is 6.97. The van der Waals surface area contributed by atoms with E-state index in [0.29, 0.717) is 41.3 Å². The Balaban J connectivity index is 1.79. The van der Waals surface area contributed by atoms with Crippen LogP contribution in [0.5, 0.6) is 0 Å². The normalized spacial score (nSPS) is 11.8. The van der Waals surface area contributed by atoms with E-state index in [-0.39, 0.29) is 5.92 Å². The zero-order valence-electron chi connectivity index (χ0n) is 14.9. The Hall–Kier alpha value is -2.19. The smallest absolute Gasteiger partial charge is 0.229 e. The van der Waals surface area contributed by atoms with Crippen molar-refractivity contribution in [1.82, 2.24) is 30.0 Å². The fraction of sp³-hybridized carbons (Fsp3) is 0.500. The minimum Gasteiger partial charge on any atom is -0.361 e. The number of aryl methyl sites for hydroxylation is 2. The molecule has 0 aliphatic rings. The summed E-state index contributed by atoms with van der Waals surface area (Å²) in [5, 5.41) is 13.1. The van der Waals surface area contributed by atoms with Crippen LogP contribution in [-0.2, 0) is 20.1 Å². The zero-order valence-corrected chi connectivity index (χ0v) is 15.7. The van der Waals surface area contributed by atoms with E-state index in [1.807, 2.05) is 38.8 Å². The summed E-state index contributed by atoms with van der Waals surface area (Å²) in [6.07, 6.45) is 0. The molecule has 25 heavy (non-hydrogen) atoms. The molecule has 3 rings (SSSR count). The molecule has 0 bridgehead atoms. The molecular formula is C16H21ClN6O2. The van der Waals surface area contributed by atoms with Crippen molar-refractivity contribution in [1.29, 1.82) is 0 Å². The van der Waals surface area contributed by atoms with Crippen LogP contribution in [0.4, 0.5) is 0 Å². The van der Waals surface area contributed by atoms with E-state index in [4.69, 9.17) is 20.6 Å². The van der Waals surface area contributed by atoms with Gasteiger partial charge in [0.05, 0.1) is 6.54 Å². The van der Waals surface area contributed by atoms with Gasteiger partial charge in [-0.1, -0.05) is 35.8 Å². The molecule has 3 aromatic heterocycles. The van der Waals surface area contributed by atoms with Crippen molar-refractivity contribution in [3.8, 4) is 11.4 Å². The monoisotopic (exact) mass is 364 g/mol. The molecule has 0 spiro atoms. The molecule has 0 N–H and O–H groups in total. The fourth-order valence-electron chi connectivity index (χ4n) is 2.50. The van der Waals surface area contributed by atoms with Gasteiger partial charge in [-0.3, -0.25) is 9.58 Å². The molecule has 134 valence electrons. The topological polar surface area (TPSA) is 86.0 Å². The summed E-state index contributed by atoms with van der Waals surface area (Å²) in [5.41, 5.74) is 2.27. The van der Waals surface area contributed by atoms with E-state index in [9.17, 15) is 0 Å². The summed E-state index contributed by atoms with van der Waals surface area (Å²) in [5.74, 6) is 2.22. The largest absolute Gasteiger partial charge is 0.361 e. The molecule has 0 aromatic carbocycles. The number of halogens is 1. The Bertz CT molecular complexity index is 866. The van der Waals surface area contributed by atoms with Gasteiger partial charge in [0, 0.05) is 31.1 Å². The van der Waals surface area contributed by atoms with E-state index in [2.05, 4.69) is 20.4 Å². The molecular weight excluding hydrogens is 344 g/mol. The van der Waals surface area contributed by atoms with E-state index >= 15 is 0 Å². The molecule has 0 aliphatic heterocycles. The molecule has 9 heteroatoms. The first-order valence-electron chi connectivity index (χ1n) is 8.01. The van der Waals surface area contributed by atoms with Crippen LogP contribution in [0.15, 0.2) is 15.1 Å². The number of rotatable bonds is 6. The van der Waals surface area contributed by atoms with Crippen LogP contribution in [0.3, 0.4) is 0 Å². The summed E-state index contributed by atoms with van der Waals surface area (Å²) in [6.45, 7) is 6.98. The number of aromatic nitrogens is 5. The van der Waals surface area contributed by atoms with E-state index in [1.165, 1.54) is 0 Å². The molecule has 3 heterocycles. The third-order valence-corrected chi connectivity index (χ3v) is 4.23. The average Bonchev–Trinajstić information content (AvgIpc) is 3.24. The first-order valence-corrected chi connectivity index (χ1v) is 8.39. The maximum atomic E-state index is 6.43. The Labute approximate surface area is 150 Å². The zero-order chi connectivity index (χ0) is 18.1. The van der Waals surface area contributed by atoms with Crippen molar-refractivity contribution in [2.45, 2.75) is 39.8 Å². The van der Waals surface area contributed by atoms with E-state index in [0.717, 1.165) is 11.3 Å². The van der Waals surface area contributed by atoms with Crippen LogP contribution < -0.4 is 0 Å². The lowest BCUT2D eigenvalue weighted by Gasteiger charge is -2.14. The lowest BCUT2D eigenvalue weighted by molar-refractivity contribution is 0.299. The standard InChI is InChI=1S/C16H21ClN6O2/c1-9(2)16-18-13(21-25-16)8-22(4)7-11-14(19-23(5)15(11)17)12-6-10(3)24-20-12/h6,9H,7-8H2,1-5H3. The van der Waals surface area contributed by atoms with Gasteiger partial charge in [0.15, 0.2) is 5.82 Å². The van der Waals surface area contributed by atoms with Crippen LogP contribution in [0.25, 0.3) is 11.4 Å². The number of hydrogen-bond acceptors (Lipinski definition) is 7. The van der Waals surface area contributed by atoms with Crippen LogP contribution in [0, 0.1) is 6.92 Å². The molecule has 0 fully saturated rings. The van der Waals surface area contributed by atoms with Crippen LogP contribution in [0.1, 0.15) is 42.8 Å². The third kappa shape index (κ3) is 3.74. The highest BCUT2D eigenvalue weighted by atomic mass is 35.5. The minimum atomic E-state index is 0.210. The first-order chi connectivity index (χ1) is 11.8. The second-order valence-corrected chi connectivity index (χ2v) is 6.80. The van der Waals surface area contributed by atoms with Gasteiger partial charge in [-0.25, -0.2) is 0 Å². The Morgan fingerprint density at radius 3 is 2.60 bits per heavy atom. The molecule has 0 aliphatic carbocycles. The maximum Gasteiger partial charge on any atom is 0.229 e. The van der Waals surface area contributed by atoms with Gasteiger partial charge >= 0.3 is 0 Å². The van der Waals surface area contributed by atoms with Crippen molar-refractivity contribution in [2.75, 3.05) is 7.05 Å². The summed E-state index contributed by atoms with van der Waals surface area (Å²) < 4.78 is 12.0. The van der Waals surface area contributed by atoms with Gasteiger partial charge in [0.25, 0.3) is 0 Å². The first kappa shape index (κ1) is 17.6. The predicted molar refractivity (Wildman–Crippen MR) is 92.0 cm³/mol. The highest BCUT2D eigenvalue weighted by Crippen LogP contribution is 2.29. The van der Waals surface area contributed by atoms with Crippen LogP contribution >= 0.6 is 11.6 Å². The minimum absolute atomic E-state index is 0.210. The van der Waals surface area contributed by atoms with Gasteiger partial charge in [0.1, 0.15) is 22.3 Å². The Kier molecular flexibility index (Phi) is 4.91. The van der Waals surface area contributed by atoms with Crippen molar-refractivity contribution in [3.05, 3.63) is 34.3 Å². The molecule has 8 nitrogen and oxygen atoms in total. The molecule has 0 radical (unpaired) electrons. The molecule has 0 saturated carbocycles. The van der Waals surface area contributed by atoms with Gasteiger partial charge in [0.2, 0.25) is 5.89 Å². The summed E-state index contributed by atoms with van der Waals surface area (Å²) >= 11 is 6.43. The SMILES string of the molecule is Cc1cc(-c2nn(C)c(Cl)c2CN(C)Cc2noc(C(C)C)n2)no1. The lowest BCUT2D eigenvalue weighted by atomic mass is 10.2.